The van der Waals surface area contributed by atoms with Crippen molar-refractivity contribution in [3.8, 4) is 12.3 Å². The first kappa shape index (κ1) is 10.4. The minimum atomic E-state index is -0.434. The molecule has 0 saturated heterocycles. The van der Waals surface area contributed by atoms with Crippen molar-refractivity contribution in [2.75, 3.05) is 11.1 Å². The number of hydrogen-bond donors (Lipinski definition) is 2. The second-order valence-electron chi connectivity index (χ2n) is 3.84. The van der Waals surface area contributed by atoms with Crippen LogP contribution in [0.3, 0.4) is 0 Å². The van der Waals surface area contributed by atoms with E-state index in [0.717, 1.165) is 5.56 Å². The van der Waals surface area contributed by atoms with Gasteiger partial charge in [-0.1, -0.05) is 5.92 Å². The van der Waals surface area contributed by atoms with Crippen LogP contribution in [0.15, 0.2) is 12.3 Å². The maximum Gasteiger partial charge on any atom is 0.150 e. The summed E-state index contributed by atoms with van der Waals surface area (Å²) in [5.41, 5.74) is 7.01. The Hall–Kier alpha value is -1.69. The minimum absolute atomic E-state index is 0.434. The lowest BCUT2D eigenvalue weighted by atomic mass is 10.1. The van der Waals surface area contributed by atoms with Gasteiger partial charge in [0.15, 0.2) is 0 Å². The Labute approximate surface area is 84.7 Å². The predicted molar refractivity (Wildman–Crippen MR) is 59.9 cm³/mol. The zero-order valence-electron chi connectivity index (χ0n) is 8.76. The van der Waals surface area contributed by atoms with Gasteiger partial charge in [0, 0.05) is 6.20 Å². The molecule has 1 heterocycles. The largest absolute Gasteiger partial charge is 0.396 e. The molecule has 0 aliphatic carbocycles. The Morgan fingerprint density at radius 2 is 2.21 bits per heavy atom. The number of nitrogens with two attached hydrogens (primary N) is 1. The first-order chi connectivity index (χ1) is 6.44. The molecule has 3 heteroatoms. The summed E-state index contributed by atoms with van der Waals surface area (Å²) in [6, 6.07) is 1.86. The van der Waals surface area contributed by atoms with Crippen molar-refractivity contribution in [3.63, 3.8) is 0 Å². The van der Waals surface area contributed by atoms with Crippen molar-refractivity contribution in [1.82, 2.24) is 4.98 Å². The maximum atomic E-state index is 5.79. The van der Waals surface area contributed by atoms with Crippen LogP contribution in [0.25, 0.3) is 0 Å². The minimum Gasteiger partial charge on any atom is -0.396 e. The van der Waals surface area contributed by atoms with E-state index >= 15 is 0 Å². The maximum absolute atomic E-state index is 5.79. The number of anilines is 2. The lowest BCUT2D eigenvalue weighted by molar-refractivity contribution is 0.736. The molecule has 1 aromatic rings. The third-order valence-electron chi connectivity index (χ3n) is 1.85. The third kappa shape index (κ3) is 2.40. The Morgan fingerprint density at radius 1 is 1.57 bits per heavy atom. The van der Waals surface area contributed by atoms with Crippen LogP contribution in [-0.4, -0.2) is 10.5 Å². The van der Waals surface area contributed by atoms with E-state index < -0.39 is 5.54 Å². The fourth-order valence-corrected chi connectivity index (χ4v) is 1.03. The summed E-state index contributed by atoms with van der Waals surface area (Å²) in [6.45, 7) is 5.74. The molecule has 0 bridgehead atoms. The summed E-state index contributed by atoms with van der Waals surface area (Å²) in [5.74, 6) is 3.26. The van der Waals surface area contributed by atoms with Gasteiger partial charge in [-0.3, -0.25) is 0 Å². The van der Waals surface area contributed by atoms with Gasteiger partial charge in [0.1, 0.15) is 5.82 Å². The van der Waals surface area contributed by atoms with Crippen molar-refractivity contribution in [3.05, 3.63) is 17.8 Å². The molecular weight excluding hydrogens is 174 g/mol. The Morgan fingerprint density at radius 3 is 2.71 bits per heavy atom. The fraction of sp³-hybridized carbons (Fsp3) is 0.364. The summed E-state index contributed by atoms with van der Waals surface area (Å²) in [7, 11) is 0. The molecule has 0 radical (unpaired) electrons. The smallest absolute Gasteiger partial charge is 0.150 e. The highest BCUT2D eigenvalue weighted by atomic mass is 15.1. The number of pyridine rings is 1. The topological polar surface area (TPSA) is 50.9 Å². The Bertz CT molecular complexity index is 375. The first-order valence-electron chi connectivity index (χ1n) is 4.43. The summed E-state index contributed by atoms with van der Waals surface area (Å²) in [5, 5.41) is 3.09. The Kier molecular flexibility index (Phi) is 2.66. The molecule has 0 atom stereocenters. The van der Waals surface area contributed by atoms with Crippen molar-refractivity contribution < 1.29 is 0 Å². The molecule has 3 nitrogen and oxygen atoms in total. The second-order valence-corrected chi connectivity index (χ2v) is 3.84. The SMILES string of the molecule is C#CC(C)(C)Nc1ncc(C)cc1N. The van der Waals surface area contributed by atoms with Crippen molar-refractivity contribution in [1.29, 1.82) is 0 Å². The molecule has 74 valence electrons. The molecular formula is C11H15N3. The van der Waals surface area contributed by atoms with Gasteiger partial charge in [0.25, 0.3) is 0 Å². The number of aromatic nitrogens is 1. The molecule has 14 heavy (non-hydrogen) atoms. The van der Waals surface area contributed by atoms with Crippen LogP contribution in [0.4, 0.5) is 11.5 Å². The van der Waals surface area contributed by atoms with E-state index in [2.05, 4.69) is 16.2 Å². The van der Waals surface area contributed by atoms with Gasteiger partial charge in [-0.05, 0) is 32.4 Å². The monoisotopic (exact) mass is 189 g/mol. The molecule has 0 aliphatic rings. The number of nitrogen functional groups attached to an aromatic ring is 1. The zero-order chi connectivity index (χ0) is 10.8. The van der Waals surface area contributed by atoms with Gasteiger partial charge in [-0.15, -0.1) is 6.42 Å². The van der Waals surface area contributed by atoms with Gasteiger partial charge in [-0.25, -0.2) is 4.98 Å². The lowest BCUT2D eigenvalue weighted by Gasteiger charge is -2.21. The number of hydrogen-bond acceptors (Lipinski definition) is 3. The van der Waals surface area contributed by atoms with Crippen LogP contribution in [0.5, 0.6) is 0 Å². The summed E-state index contributed by atoms with van der Waals surface area (Å²) < 4.78 is 0. The normalized spacial score (nSPS) is 10.7. The lowest BCUT2D eigenvalue weighted by Crippen LogP contribution is -2.29. The van der Waals surface area contributed by atoms with Gasteiger partial charge >= 0.3 is 0 Å². The van der Waals surface area contributed by atoms with Crippen molar-refractivity contribution >= 4 is 11.5 Å². The first-order valence-corrected chi connectivity index (χ1v) is 4.43. The van der Waals surface area contributed by atoms with Gasteiger partial charge in [-0.2, -0.15) is 0 Å². The third-order valence-corrected chi connectivity index (χ3v) is 1.85. The molecule has 1 rings (SSSR count). The van der Waals surface area contributed by atoms with E-state index in [1.165, 1.54) is 0 Å². The van der Waals surface area contributed by atoms with E-state index in [9.17, 15) is 0 Å². The standard InChI is InChI=1S/C11H15N3/c1-5-11(3,4)14-10-9(12)6-8(2)7-13-10/h1,6-7H,12H2,2-4H3,(H,13,14). The van der Waals surface area contributed by atoms with Crippen LogP contribution in [0.1, 0.15) is 19.4 Å². The van der Waals surface area contributed by atoms with Gasteiger partial charge < -0.3 is 11.1 Å². The van der Waals surface area contributed by atoms with Gasteiger partial charge in [0.2, 0.25) is 0 Å². The van der Waals surface area contributed by atoms with Crippen LogP contribution < -0.4 is 11.1 Å². The number of terminal acetylenes is 1. The van der Waals surface area contributed by atoms with E-state index in [4.69, 9.17) is 12.2 Å². The second kappa shape index (κ2) is 3.59. The van der Waals surface area contributed by atoms with E-state index in [-0.39, 0.29) is 0 Å². The van der Waals surface area contributed by atoms with Crippen LogP contribution in [0, 0.1) is 19.3 Å². The van der Waals surface area contributed by atoms with Crippen molar-refractivity contribution in [2.45, 2.75) is 26.3 Å². The number of nitrogens with one attached hydrogen (secondary N) is 1. The van der Waals surface area contributed by atoms with Crippen molar-refractivity contribution in [2.24, 2.45) is 0 Å². The molecule has 0 spiro atoms. The predicted octanol–water partition coefficient (Wildman–Crippen LogP) is 1.80. The quantitative estimate of drug-likeness (QED) is 0.697. The van der Waals surface area contributed by atoms with E-state index in [1.54, 1.807) is 6.20 Å². The molecule has 0 fully saturated rings. The summed E-state index contributed by atoms with van der Waals surface area (Å²) in [6.07, 6.45) is 7.11. The molecule has 0 aromatic carbocycles. The molecule has 0 unspecified atom stereocenters. The van der Waals surface area contributed by atoms with E-state index in [0.29, 0.717) is 11.5 Å². The molecule has 0 saturated carbocycles. The zero-order valence-corrected chi connectivity index (χ0v) is 8.76. The van der Waals surface area contributed by atoms with Crippen LogP contribution in [-0.2, 0) is 0 Å². The molecule has 0 aliphatic heterocycles. The average Bonchev–Trinajstić information content (AvgIpc) is 2.10. The van der Waals surface area contributed by atoms with Gasteiger partial charge in [0.05, 0.1) is 11.2 Å². The van der Waals surface area contributed by atoms with Crippen LogP contribution >= 0.6 is 0 Å². The number of rotatable bonds is 2. The number of aryl methyl sites for hydroxylation is 1. The fourth-order valence-electron chi connectivity index (χ4n) is 1.03. The average molecular weight is 189 g/mol. The highest BCUT2D eigenvalue weighted by Gasteiger charge is 2.15. The number of nitrogens with zero attached hydrogens (tertiary/aromatic N) is 1. The summed E-state index contributed by atoms with van der Waals surface area (Å²) in [4.78, 5) is 4.18. The molecule has 3 N–H and O–H groups in total. The van der Waals surface area contributed by atoms with Crippen LogP contribution in [0.2, 0.25) is 0 Å². The van der Waals surface area contributed by atoms with E-state index in [1.807, 2.05) is 26.8 Å². The molecule has 1 aromatic heterocycles. The highest BCUT2D eigenvalue weighted by Crippen LogP contribution is 2.19. The molecule has 0 amide bonds. The summed E-state index contributed by atoms with van der Waals surface area (Å²) >= 11 is 0. The highest BCUT2D eigenvalue weighted by molar-refractivity contribution is 5.63. The Balaban J connectivity index is 2.94.